The molecule has 0 radical (unpaired) electrons. The highest BCUT2D eigenvalue weighted by molar-refractivity contribution is 6.32. The van der Waals surface area contributed by atoms with Crippen molar-refractivity contribution in [2.75, 3.05) is 7.11 Å². The normalized spacial score (nSPS) is 10.4. The van der Waals surface area contributed by atoms with Crippen molar-refractivity contribution in [1.29, 1.82) is 0 Å². The number of methoxy groups -OCH3 is 1. The molecule has 2 rings (SSSR count). The van der Waals surface area contributed by atoms with Crippen LogP contribution < -0.4 is 4.74 Å². The van der Waals surface area contributed by atoms with E-state index in [1.807, 2.05) is 0 Å². The van der Waals surface area contributed by atoms with Gasteiger partial charge in [-0.25, -0.2) is 4.39 Å². The molecule has 0 aliphatic rings. The Hall–Kier alpha value is -1.58. The lowest BCUT2D eigenvalue weighted by molar-refractivity contribution is 0.0991. The molecule has 5 heteroatoms. The van der Waals surface area contributed by atoms with Crippen LogP contribution in [0.4, 0.5) is 4.39 Å². The minimum atomic E-state index is -0.566. The van der Waals surface area contributed by atoms with E-state index in [1.54, 1.807) is 18.2 Å². The second-order valence-corrected chi connectivity index (χ2v) is 4.98. The van der Waals surface area contributed by atoms with Crippen LogP contribution in [0.2, 0.25) is 10.0 Å². The van der Waals surface area contributed by atoms with Crippen molar-refractivity contribution in [3.05, 3.63) is 63.4 Å². The molecule has 2 aromatic carbocycles. The summed E-state index contributed by atoms with van der Waals surface area (Å²) in [7, 11) is 1.46. The van der Waals surface area contributed by atoms with Crippen LogP contribution in [0.1, 0.15) is 15.9 Å². The van der Waals surface area contributed by atoms with Crippen molar-refractivity contribution in [3.63, 3.8) is 0 Å². The SMILES string of the molecule is COc1cc(C(=O)Cc2cccc(Cl)c2F)ccc1Cl. The number of halogens is 3. The Labute approximate surface area is 126 Å². The maximum Gasteiger partial charge on any atom is 0.167 e. The minimum Gasteiger partial charge on any atom is -0.495 e. The lowest BCUT2D eigenvalue weighted by Gasteiger charge is -2.07. The van der Waals surface area contributed by atoms with E-state index in [0.717, 1.165) is 0 Å². The zero-order valence-electron chi connectivity index (χ0n) is 10.6. The molecule has 0 saturated carbocycles. The third-order valence-corrected chi connectivity index (χ3v) is 3.46. The summed E-state index contributed by atoms with van der Waals surface area (Å²) in [6, 6.07) is 9.27. The monoisotopic (exact) mass is 312 g/mol. The van der Waals surface area contributed by atoms with Gasteiger partial charge in [0.25, 0.3) is 0 Å². The van der Waals surface area contributed by atoms with Gasteiger partial charge in [-0.1, -0.05) is 35.3 Å². The van der Waals surface area contributed by atoms with E-state index in [1.165, 1.54) is 25.3 Å². The van der Waals surface area contributed by atoms with E-state index in [-0.39, 0.29) is 22.8 Å². The first-order valence-electron chi connectivity index (χ1n) is 5.82. The molecule has 0 N–H and O–H groups in total. The van der Waals surface area contributed by atoms with Crippen LogP contribution in [-0.4, -0.2) is 12.9 Å². The van der Waals surface area contributed by atoms with Gasteiger partial charge in [-0.3, -0.25) is 4.79 Å². The zero-order chi connectivity index (χ0) is 14.7. The predicted octanol–water partition coefficient (Wildman–Crippen LogP) is 4.57. The summed E-state index contributed by atoms with van der Waals surface area (Å²) in [4.78, 5) is 12.1. The number of ether oxygens (including phenoxy) is 1. The maximum absolute atomic E-state index is 13.8. The van der Waals surface area contributed by atoms with Crippen molar-refractivity contribution in [2.45, 2.75) is 6.42 Å². The van der Waals surface area contributed by atoms with Gasteiger partial charge in [0.1, 0.15) is 11.6 Å². The molecule has 0 unspecified atom stereocenters. The summed E-state index contributed by atoms with van der Waals surface area (Å²) in [5.41, 5.74) is 0.669. The fraction of sp³-hybridized carbons (Fsp3) is 0.133. The molecular weight excluding hydrogens is 302 g/mol. The lowest BCUT2D eigenvalue weighted by atomic mass is 10.0. The quantitative estimate of drug-likeness (QED) is 0.773. The average Bonchev–Trinajstić information content (AvgIpc) is 2.44. The Kier molecular flexibility index (Phi) is 4.63. The van der Waals surface area contributed by atoms with Crippen LogP contribution in [0.15, 0.2) is 36.4 Å². The number of ketones is 1. The summed E-state index contributed by atoms with van der Waals surface area (Å²) in [5, 5.41) is 0.418. The number of carbonyl (C=O) groups excluding carboxylic acids is 1. The number of hydrogen-bond donors (Lipinski definition) is 0. The number of benzene rings is 2. The van der Waals surface area contributed by atoms with Crippen molar-refractivity contribution in [1.82, 2.24) is 0 Å². The van der Waals surface area contributed by atoms with Gasteiger partial charge in [0.15, 0.2) is 5.78 Å². The molecular formula is C15H11Cl2FO2. The van der Waals surface area contributed by atoms with Crippen LogP contribution in [0.3, 0.4) is 0 Å². The highest BCUT2D eigenvalue weighted by atomic mass is 35.5. The number of rotatable bonds is 4. The molecule has 0 aliphatic carbocycles. The molecule has 0 atom stereocenters. The zero-order valence-corrected chi connectivity index (χ0v) is 12.1. The maximum atomic E-state index is 13.8. The van der Waals surface area contributed by atoms with Gasteiger partial charge in [-0.05, 0) is 29.8 Å². The van der Waals surface area contributed by atoms with Gasteiger partial charge < -0.3 is 4.74 Å². The predicted molar refractivity (Wildman–Crippen MR) is 77.4 cm³/mol. The van der Waals surface area contributed by atoms with Gasteiger partial charge >= 0.3 is 0 Å². The van der Waals surface area contributed by atoms with Crippen LogP contribution in [0.5, 0.6) is 5.75 Å². The Morgan fingerprint density at radius 3 is 2.65 bits per heavy atom. The van der Waals surface area contributed by atoms with Crippen molar-refractivity contribution in [3.8, 4) is 5.75 Å². The first kappa shape index (κ1) is 14.8. The summed E-state index contributed by atoms with van der Waals surface area (Å²) in [6.45, 7) is 0. The summed E-state index contributed by atoms with van der Waals surface area (Å²) in [5.74, 6) is -0.395. The van der Waals surface area contributed by atoms with E-state index < -0.39 is 5.82 Å². The molecule has 0 fully saturated rings. The molecule has 0 heterocycles. The smallest absolute Gasteiger partial charge is 0.167 e. The van der Waals surface area contributed by atoms with Crippen LogP contribution in [0.25, 0.3) is 0 Å². The summed E-state index contributed by atoms with van der Waals surface area (Å²) >= 11 is 11.6. The Morgan fingerprint density at radius 1 is 1.20 bits per heavy atom. The molecule has 104 valence electrons. The first-order chi connectivity index (χ1) is 9.52. The highest BCUT2D eigenvalue weighted by Gasteiger charge is 2.14. The second-order valence-electron chi connectivity index (χ2n) is 4.16. The Morgan fingerprint density at radius 2 is 1.95 bits per heavy atom. The minimum absolute atomic E-state index is 0.00369. The standard InChI is InChI=1S/C15H11Cl2FO2/c1-20-14-8-9(5-6-11(14)16)13(19)7-10-3-2-4-12(17)15(10)18/h2-6,8H,7H2,1H3. The highest BCUT2D eigenvalue weighted by Crippen LogP contribution is 2.26. The summed E-state index contributed by atoms with van der Waals surface area (Å²) in [6.07, 6.45) is -0.0722. The number of Topliss-reactive ketones (excluding diaryl/α,β-unsaturated/α-hetero) is 1. The van der Waals surface area contributed by atoms with Gasteiger partial charge in [0.05, 0.1) is 17.2 Å². The molecule has 2 aromatic rings. The molecule has 0 amide bonds. The third-order valence-electron chi connectivity index (χ3n) is 2.86. The fourth-order valence-electron chi connectivity index (χ4n) is 1.79. The van der Waals surface area contributed by atoms with E-state index in [9.17, 15) is 9.18 Å². The largest absolute Gasteiger partial charge is 0.495 e. The first-order valence-corrected chi connectivity index (χ1v) is 6.58. The Balaban J connectivity index is 2.26. The average molecular weight is 313 g/mol. The van der Waals surface area contributed by atoms with Gasteiger partial charge in [0, 0.05) is 12.0 Å². The van der Waals surface area contributed by atoms with E-state index >= 15 is 0 Å². The number of carbonyl (C=O) groups is 1. The second kappa shape index (κ2) is 6.25. The molecule has 2 nitrogen and oxygen atoms in total. The third kappa shape index (κ3) is 3.11. The summed E-state index contributed by atoms with van der Waals surface area (Å²) < 4.78 is 18.8. The molecule has 0 spiro atoms. The molecule has 20 heavy (non-hydrogen) atoms. The Bertz CT molecular complexity index is 656. The van der Waals surface area contributed by atoms with Gasteiger partial charge in [-0.15, -0.1) is 0 Å². The lowest BCUT2D eigenvalue weighted by Crippen LogP contribution is -2.05. The molecule has 0 bridgehead atoms. The van der Waals surface area contributed by atoms with Crippen LogP contribution >= 0.6 is 23.2 Å². The molecule has 0 aliphatic heterocycles. The van der Waals surface area contributed by atoms with Crippen molar-refractivity contribution < 1.29 is 13.9 Å². The van der Waals surface area contributed by atoms with E-state index in [2.05, 4.69) is 0 Å². The number of hydrogen-bond acceptors (Lipinski definition) is 2. The van der Waals surface area contributed by atoms with Gasteiger partial charge in [-0.2, -0.15) is 0 Å². The topological polar surface area (TPSA) is 26.3 Å². The molecule has 0 saturated heterocycles. The van der Waals surface area contributed by atoms with Gasteiger partial charge in [0.2, 0.25) is 0 Å². The van der Waals surface area contributed by atoms with Crippen molar-refractivity contribution >= 4 is 29.0 Å². The molecule has 0 aromatic heterocycles. The fourth-order valence-corrected chi connectivity index (χ4v) is 2.18. The van der Waals surface area contributed by atoms with Crippen LogP contribution in [0, 0.1) is 5.82 Å². The van der Waals surface area contributed by atoms with Crippen molar-refractivity contribution in [2.24, 2.45) is 0 Å². The van der Waals surface area contributed by atoms with E-state index in [4.69, 9.17) is 27.9 Å². The van der Waals surface area contributed by atoms with E-state index in [0.29, 0.717) is 16.3 Å². The van der Waals surface area contributed by atoms with Crippen LogP contribution in [-0.2, 0) is 6.42 Å².